The number of nitrogens with one attached hydrogen (secondary N) is 1. The molecule has 0 unspecified atom stereocenters. The predicted molar refractivity (Wildman–Crippen MR) is 40.7 cm³/mol. The van der Waals surface area contributed by atoms with Gasteiger partial charge >= 0.3 is 0 Å². The van der Waals surface area contributed by atoms with Crippen LogP contribution in [0.15, 0.2) is 12.1 Å². The van der Waals surface area contributed by atoms with Gasteiger partial charge in [0, 0.05) is 13.1 Å². The first-order valence-corrected chi connectivity index (χ1v) is 3.88. The Morgan fingerprint density at radius 2 is 2.17 bits per heavy atom. The number of morpholine rings is 1. The van der Waals surface area contributed by atoms with Gasteiger partial charge in [-0.15, -0.1) is 0 Å². The zero-order chi connectivity index (χ0) is 8.39. The SMILES string of the molecule is NC1=CN(N2CCOCC2)NO1. The maximum atomic E-state index is 5.41. The Kier molecular flexibility index (Phi) is 2.03. The third-order valence-corrected chi connectivity index (χ3v) is 1.80. The molecule has 68 valence electrons. The van der Waals surface area contributed by atoms with Crippen molar-refractivity contribution in [2.45, 2.75) is 0 Å². The van der Waals surface area contributed by atoms with E-state index in [0.717, 1.165) is 26.3 Å². The van der Waals surface area contributed by atoms with Gasteiger partial charge in [-0.25, -0.2) is 5.12 Å². The number of ether oxygens (including phenoxy) is 1. The van der Waals surface area contributed by atoms with E-state index in [1.165, 1.54) is 0 Å². The number of nitrogens with two attached hydrogens (primary N) is 1. The standard InChI is InChI=1S/C6H12N4O2/c7-6-5-10(8-12-6)9-1-3-11-4-2-9/h5,8H,1-4,7H2. The van der Waals surface area contributed by atoms with Crippen LogP contribution in [0.5, 0.6) is 0 Å². The summed E-state index contributed by atoms with van der Waals surface area (Å²) in [6.07, 6.45) is 1.70. The van der Waals surface area contributed by atoms with Crippen LogP contribution < -0.4 is 11.3 Å². The lowest BCUT2D eigenvalue weighted by Crippen LogP contribution is -2.49. The Hall–Kier alpha value is -0.980. The van der Waals surface area contributed by atoms with Gasteiger partial charge in [-0.05, 0) is 5.59 Å². The molecule has 0 spiro atoms. The van der Waals surface area contributed by atoms with E-state index >= 15 is 0 Å². The lowest BCUT2D eigenvalue weighted by atomic mass is 10.5. The minimum atomic E-state index is 0.376. The molecule has 0 radical (unpaired) electrons. The van der Waals surface area contributed by atoms with E-state index in [1.807, 2.05) is 0 Å². The first-order valence-electron chi connectivity index (χ1n) is 3.88. The van der Waals surface area contributed by atoms with Crippen LogP contribution in [-0.2, 0) is 9.57 Å². The second kappa shape index (κ2) is 3.18. The van der Waals surface area contributed by atoms with Crippen LogP contribution in [0, 0.1) is 0 Å². The van der Waals surface area contributed by atoms with Gasteiger partial charge in [0.1, 0.15) is 0 Å². The highest BCUT2D eigenvalue weighted by molar-refractivity contribution is 4.87. The van der Waals surface area contributed by atoms with E-state index in [2.05, 4.69) is 10.6 Å². The largest absolute Gasteiger partial charge is 0.379 e. The van der Waals surface area contributed by atoms with E-state index < -0.39 is 0 Å². The quantitative estimate of drug-likeness (QED) is 0.515. The van der Waals surface area contributed by atoms with Gasteiger partial charge in [-0.3, -0.25) is 0 Å². The number of rotatable bonds is 1. The summed E-state index contributed by atoms with van der Waals surface area (Å²) in [5.74, 6) is 0.376. The zero-order valence-corrected chi connectivity index (χ0v) is 6.69. The summed E-state index contributed by atoms with van der Waals surface area (Å²) in [4.78, 5) is 4.85. The molecule has 1 fully saturated rings. The average Bonchev–Trinajstić information content (AvgIpc) is 2.54. The molecule has 0 amide bonds. The van der Waals surface area contributed by atoms with Crippen molar-refractivity contribution in [2.75, 3.05) is 26.3 Å². The summed E-state index contributed by atoms with van der Waals surface area (Å²) in [5.41, 5.74) is 8.07. The predicted octanol–water partition coefficient (Wildman–Crippen LogP) is -1.26. The molecule has 0 bridgehead atoms. The molecule has 1 saturated heterocycles. The number of hydrogen-bond acceptors (Lipinski definition) is 6. The molecule has 0 aromatic heterocycles. The van der Waals surface area contributed by atoms with Crippen molar-refractivity contribution >= 4 is 0 Å². The fraction of sp³-hybridized carbons (Fsp3) is 0.667. The monoisotopic (exact) mass is 172 g/mol. The van der Waals surface area contributed by atoms with E-state index in [4.69, 9.17) is 15.3 Å². The van der Waals surface area contributed by atoms with Gasteiger partial charge in [0.25, 0.3) is 0 Å². The molecule has 6 nitrogen and oxygen atoms in total. The van der Waals surface area contributed by atoms with Crippen molar-refractivity contribution in [1.29, 1.82) is 0 Å². The van der Waals surface area contributed by atoms with Crippen LogP contribution in [0.2, 0.25) is 0 Å². The Bertz CT molecular complexity index is 190. The van der Waals surface area contributed by atoms with Crippen LogP contribution in [0.4, 0.5) is 0 Å². The molecule has 2 aliphatic heterocycles. The normalized spacial score (nSPS) is 25.3. The fourth-order valence-corrected chi connectivity index (χ4v) is 1.18. The molecule has 3 N–H and O–H groups in total. The second-order valence-corrected chi connectivity index (χ2v) is 2.64. The minimum absolute atomic E-state index is 0.376. The third-order valence-electron chi connectivity index (χ3n) is 1.80. The van der Waals surface area contributed by atoms with Gasteiger partial charge < -0.3 is 15.3 Å². The van der Waals surface area contributed by atoms with E-state index in [1.54, 1.807) is 11.3 Å². The average molecular weight is 172 g/mol. The first kappa shape index (κ1) is 7.66. The zero-order valence-electron chi connectivity index (χ0n) is 6.69. The summed E-state index contributed by atoms with van der Waals surface area (Å²) in [5, 5.41) is 3.79. The molecule has 2 heterocycles. The van der Waals surface area contributed by atoms with Crippen molar-refractivity contribution in [3.8, 4) is 0 Å². The van der Waals surface area contributed by atoms with Crippen LogP contribution >= 0.6 is 0 Å². The fourth-order valence-electron chi connectivity index (χ4n) is 1.18. The van der Waals surface area contributed by atoms with Crippen molar-refractivity contribution in [2.24, 2.45) is 5.73 Å². The highest BCUT2D eigenvalue weighted by atomic mass is 16.7. The summed E-state index contributed by atoms with van der Waals surface area (Å²) >= 11 is 0. The van der Waals surface area contributed by atoms with Gasteiger partial charge in [-0.2, -0.15) is 5.01 Å². The second-order valence-electron chi connectivity index (χ2n) is 2.64. The maximum absolute atomic E-state index is 5.41. The van der Waals surface area contributed by atoms with Crippen molar-refractivity contribution in [1.82, 2.24) is 15.7 Å². The molecule has 2 aliphatic rings. The van der Waals surface area contributed by atoms with E-state index in [9.17, 15) is 0 Å². The molecule has 0 aliphatic carbocycles. The number of hydrazine groups is 2. The smallest absolute Gasteiger partial charge is 0.231 e. The molecule has 0 aromatic rings. The molecule has 0 atom stereocenters. The number of hydrogen-bond donors (Lipinski definition) is 2. The summed E-state index contributed by atoms with van der Waals surface area (Å²) in [6, 6.07) is 0. The van der Waals surface area contributed by atoms with Crippen LogP contribution in [0.1, 0.15) is 0 Å². The Balaban J connectivity index is 1.91. The van der Waals surface area contributed by atoms with Gasteiger partial charge in [-0.1, -0.05) is 0 Å². The van der Waals surface area contributed by atoms with E-state index in [0.29, 0.717) is 5.88 Å². The summed E-state index contributed by atoms with van der Waals surface area (Å²) < 4.78 is 5.20. The molecule has 12 heavy (non-hydrogen) atoms. The summed E-state index contributed by atoms with van der Waals surface area (Å²) in [6.45, 7) is 3.18. The first-order chi connectivity index (χ1) is 5.86. The van der Waals surface area contributed by atoms with Crippen molar-refractivity contribution in [3.63, 3.8) is 0 Å². The Morgan fingerprint density at radius 1 is 1.42 bits per heavy atom. The highest BCUT2D eigenvalue weighted by Crippen LogP contribution is 2.06. The number of nitrogens with zero attached hydrogens (tertiary/aromatic N) is 2. The van der Waals surface area contributed by atoms with E-state index in [-0.39, 0.29) is 0 Å². The Morgan fingerprint density at radius 3 is 2.75 bits per heavy atom. The maximum Gasteiger partial charge on any atom is 0.231 e. The van der Waals surface area contributed by atoms with Gasteiger partial charge in [0.15, 0.2) is 0 Å². The molecule has 0 saturated carbocycles. The third kappa shape index (κ3) is 1.45. The lowest BCUT2D eigenvalue weighted by Gasteiger charge is -2.32. The minimum Gasteiger partial charge on any atom is -0.379 e. The van der Waals surface area contributed by atoms with Crippen LogP contribution in [0.3, 0.4) is 0 Å². The molecule has 0 aromatic carbocycles. The Labute approximate surface area is 70.4 Å². The van der Waals surface area contributed by atoms with Crippen molar-refractivity contribution in [3.05, 3.63) is 12.1 Å². The molecule has 2 rings (SSSR count). The molecular formula is C6H12N4O2. The van der Waals surface area contributed by atoms with Crippen LogP contribution in [0.25, 0.3) is 0 Å². The van der Waals surface area contributed by atoms with Crippen molar-refractivity contribution < 1.29 is 9.57 Å². The van der Waals surface area contributed by atoms with Gasteiger partial charge in [0.2, 0.25) is 5.88 Å². The molecule has 6 heteroatoms. The van der Waals surface area contributed by atoms with Gasteiger partial charge in [0.05, 0.1) is 19.4 Å². The molecular weight excluding hydrogens is 160 g/mol. The lowest BCUT2D eigenvalue weighted by molar-refractivity contribution is -0.140. The van der Waals surface area contributed by atoms with Crippen LogP contribution in [-0.4, -0.2) is 36.4 Å². The summed E-state index contributed by atoms with van der Waals surface area (Å²) in [7, 11) is 0. The topological polar surface area (TPSA) is 63.0 Å². The highest BCUT2D eigenvalue weighted by Gasteiger charge is 2.20.